The topological polar surface area (TPSA) is 57.2 Å². The second kappa shape index (κ2) is 8.26. The average molecular weight is 367 g/mol. The molecule has 0 unspecified atom stereocenters. The van der Waals surface area contributed by atoms with Crippen LogP contribution in [0.5, 0.6) is 11.5 Å². The zero-order valence-electron chi connectivity index (χ0n) is 14.9. The molecule has 25 heavy (non-hydrogen) atoms. The minimum absolute atomic E-state index is 0.234. The number of rotatable bonds is 7. The van der Waals surface area contributed by atoms with Crippen LogP contribution in [-0.2, 0) is 13.6 Å². The van der Waals surface area contributed by atoms with Crippen LogP contribution in [0.2, 0.25) is 0 Å². The van der Waals surface area contributed by atoms with Gasteiger partial charge in [-0.3, -0.25) is 4.57 Å². The molecule has 1 aromatic rings. The van der Waals surface area contributed by atoms with Crippen LogP contribution in [0.4, 0.5) is 0 Å². The molecule has 2 aliphatic rings. The number of hydrogen-bond donors (Lipinski definition) is 0. The number of nitrogens with zero attached hydrogens (tertiary/aromatic N) is 1. The normalized spacial score (nSPS) is 17.8. The Morgan fingerprint density at radius 1 is 1.12 bits per heavy atom. The molecule has 1 saturated heterocycles. The van der Waals surface area contributed by atoms with Crippen molar-refractivity contribution in [1.29, 1.82) is 0 Å². The Morgan fingerprint density at radius 3 is 2.48 bits per heavy atom. The Bertz CT molecular complexity index is 659. The van der Waals surface area contributed by atoms with E-state index in [2.05, 4.69) is 4.90 Å². The fourth-order valence-corrected chi connectivity index (χ4v) is 5.00. The molecular formula is C18H26NO5P. The SMILES string of the molecule is CCOP(=O)(OCC)/C(=C\c1ccc2c(c1)OCO2)N1CCCCC1. The maximum absolute atomic E-state index is 13.4. The van der Waals surface area contributed by atoms with Crippen molar-refractivity contribution in [2.24, 2.45) is 0 Å². The van der Waals surface area contributed by atoms with Gasteiger partial charge in [0.2, 0.25) is 6.79 Å². The number of hydrogen-bond acceptors (Lipinski definition) is 6. The molecule has 0 saturated carbocycles. The number of likely N-dealkylation sites (tertiary alicyclic amines) is 1. The Labute approximate surface area is 149 Å². The summed E-state index contributed by atoms with van der Waals surface area (Å²) >= 11 is 0. The van der Waals surface area contributed by atoms with Gasteiger partial charge in [-0.15, -0.1) is 0 Å². The van der Waals surface area contributed by atoms with Crippen LogP contribution in [0.3, 0.4) is 0 Å². The van der Waals surface area contributed by atoms with E-state index in [0.29, 0.717) is 24.4 Å². The van der Waals surface area contributed by atoms with Crippen molar-refractivity contribution in [2.75, 3.05) is 33.1 Å². The molecule has 0 bridgehead atoms. The maximum Gasteiger partial charge on any atom is 0.377 e. The molecule has 0 amide bonds. The van der Waals surface area contributed by atoms with Gasteiger partial charge in [0, 0.05) is 13.1 Å². The molecule has 2 heterocycles. The molecule has 2 aliphatic heterocycles. The summed E-state index contributed by atoms with van der Waals surface area (Å²) < 4.78 is 35.5. The fraction of sp³-hybridized carbons (Fsp3) is 0.556. The number of ether oxygens (including phenoxy) is 2. The summed E-state index contributed by atoms with van der Waals surface area (Å²) in [5, 5.41) is 0. The summed E-state index contributed by atoms with van der Waals surface area (Å²) in [6.07, 6.45) is 5.26. The quantitative estimate of drug-likeness (QED) is 0.663. The number of benzene rings is 1. The molecule has 0 aromatic heterocycles. The van der Waals surface area contributed by atoms with Crippen molar-refractivity contribution in [3.8, 4) is 11.5 Å². The molecule has 6 nitrogen and oxygen atoms in total. The van der Waals surface area contributed by atoms with Gasteiger partial charge in [-0.05, 0) is 56.9 Å². The number of piperidine rings is 1. The Hall–Kier alpha value is -1.49. The van der Waals surface area contributed by atoms with Crippen molar-refractivity contribution in [3.05, 3.63) is 29.2 Å². The molecule has 0 aliphatic carbocycles. The third-order valence-corrected chi connectivity index (χ3v) is 6.42. The highest BCUT2D eigenvalue weighted by atomic mass is 31.2. The van der Waals surface area contributed by atoms with Crippen molar-refractivity contribution in [3.63, 3.8) is 0 Å². The van der Waals surface area contributed by atoms with Gasteiger partial charge in [-0.2, -0.15) is 0 Å². The molecule has 0 atom stereocenters. The lowest BCUT2D eigenvalue weighted by Crippen LogP contribution is -2.29. The van der Waals surface area contributed by atoms with Crippen LogP contribution in [0, 0.1) is 0 Å². The lowest BCUT2D eigenvalue weighted by molar-refractivity contribution is 0.174. The summed E-state index contributed by atoms with van der Waals surface area (Å²) in [6.45, 7) is 6.30. The monoisotopic (exact) mass is 367 g/mol. The zero-order valence-corrected chi connectivity index (χ0v) is 15.8. The van der Waals surface area contributed by atoms with Crippen LogP contribution in [0.15, 0.2) is 23.6 Å². The molecule has 0 spiro atoms. The first kappa shape index (κ1) is 18.3. The summed E-state index contributed by atoms with van der Waals surface area (Å²) in [5.74, 6) is 1.43. The highest BCUT2D eigenvalue weighted by Gasteiger charge is 2.34. The summed E-state index contributed by atoms with van der Waals surface area (Å²) in [6, 6.07) is 5.70. The first-order valence-corrected chi connectivity index (χ1v) is 10.5. The van der Waals surface area contributed by atoms with Gasteiger partial charge in [0.1, 0.15) is 5.44 Å². The Morgan fingerprint density at radius 2 is 1.80 bits per heavy atom. The highest BCUT2D eigenvalue weighted by molar-refractivity contribution is 7.58. The van der Waals surface area contributed by atoms with E-state index in [0.717, 1.165) is 37.2 Å². The lowest BCUT2D eigenvalue weighted by atomic mass is 10.1. The third-order valence-electron chi connectivity index (χ3n) is 4.25. The van der Waals surface area contributed by atoms with Gasteiger partial charge in [-0.1, -0.05) is 6.07 Å². The van der Waals surface area contributed by atoms with Crippen molar-refractivity contribution < 1.29 is 23.1 Å². The predicted octanol–water partition coefficient (Wildman–Crippen LogP) is 4.47. The summed E-state index contributed by atoms with van der Waals surface area (Å²) in [5.41, 5.74) is 1.53. The molecule has 0 radical (unpaired) electrons. The molecule has 0 N–H and O–H groups in total. The van der Waals surface area contributed by atoms with E-state index in [1.807, 2.05) is 38.1 Å². The van der Waals surface area contributed by atoms with Crippen LogP contribution in [0.25, 0.3) is 6.08 Å². The van der Waals surface area contributed by atoms with Crippen molar-refractivity contribution in [2.45, 2.75) is 33.1 Å². The largest absolute Gasteiger partial charge is 0.454 e. The van der Waals surface area contributed by atoms with Crippen molar-refractivity contribution >= 4 is 13.7 Å². The zero-order chi connectivity index (χ0) is 17.7. The molecule has 3 rings (SSSR count). The first-order chi connectivity index (χ1) is 12.2. The van der Waals surface area contributed by atoms with Gasteiger partial charge >= 0.3 is 7.60 Å². The van der Waals surface area contributed by atoms with Crippen molar-refractivity contribution in [1.82, 2.24) is 4.90 Å². The molecular weight excluding hydrogens is 341 g/mol. The second-order valence-electron chi connectivity index (χ2n) is 6.00. The smallest absolute Gasteiger partial charge is 0.377 e. The minimum Gasteiger partial charge on any atom is -0.454 e. The van der Waals surface area contributed by atoms with E-state index in [1.165, 1.54) is 6.42 Å². The van der Waals surface area contributed by atoms with Crippen LogP contribution < -0.4 is 9.47 Å². The van der Waals surface area contributed by atoms with Gasteiger partial charge in [-0.25, -0.2) is 0 Å². The van der Waals surface area contributed by atoms with Gasteiger partial charge in [0.25, 0.3) is 0 Å². The van der Waals surface area contributed by atoms with E-state index in [-0.39, 0.29) is 6.79 Å². The third kappa shape index (κ3) is 4.20. The van der Waals surface area contributed by atoms with E-state index in [1.54, 1.807) is 0 Å². The number of fused-ring (bicyclic) bond motifs is 1. The van der Waals surface area contributed by atoms with Gasteiger partial charge in [0.05, 0.1) is 13.2 Å². The standard InChI is InChI=1S/C18H26NO5P/c1-3-23-25(20,24-4-2)18(19-10-6-5-7-11-19)13-15-8-9-16-17(12-15)22-14-21-16/h8-9,12-13H,3-7,10-11,14H2,1-2H3/b18-13-. The highest BCUT2D eigenvalue weighted by Crippen LogP contribution is 2.58. The molecule has 1 aromatic carbocycles. The first-order valence-electron chi connectivity index (χ1n) is 8.92. The van der Waals surface area contributed by atoms with E-state index in [4.69, 9.17) is 18.5 Å². The Kier molecular flexibility index (Phi) is 6.05. The fourth-order valence-electron chi connectivity index (χ4n) is 3.13. The summed E-state index contributed by atoms with van der Waals surface area (Å²) in [4.78, 5) is 2.14. The van der Waals surface area contributed by atoms with Gasteiger partial charge < -0.3 is 23.4 Å². The predicted molar refractivity (Wildman–Crippen MR) is 96.8 cm³/mol. The van der Waals surface area contributed by atoms with E-state index < -0.39 is 7.60 Å². The lowest BCUT2D eigenvalue weighted by Gasteiger charge is -2.34. The maximum atomic E-state index is 13.4. The van der Waals surface area contributed by atoms with Crippen LogP contribution >= 0.6 is 7.60 Å². The molecule has 1 fully saturated rings. The average Bonchev–Trinajstić information content (AvgIpc) is 3.08. The molecule has 7 heteroatoms. The van der Waals surface area contributed by atoms with Crippen LogP contribution in [0.1, 0.15) is 38.7 Å². The minimum atomic E-state index is -3.37. The van der Waals surface area contributed by atoms with Crippen LogP contribution in [-0.4, -0.2) is 38.0 Å². The second-order valence-corrected chi connectivity index (χ2v) is 7.97. The van der Waals surface area contributed by atoms with E-state index >= 15 is 0 Å². The molecule has 138 valence electrons. The Balaban J connectivity index is 1.98. The summed E-state index contributed by atoms with van der Waals surface area (Å²) in [7, 11) is -3.37. The van der Waals surface area contributed by atoms with E-state index in [9.17, 15) is 4.57 Å². The van der Waals surface area contributed by atoms with Gasteiger partial charge in [0.15, 0.2) is 11.5 Å².